The Kier molecular flexibility index (Phi) is 6.83. The van der Waals surface area contributed by atoms with Crippen molar-refractivity contribution in [2.24, 2.45) is 0 Å². The summed E-state index contributed by atoms with van der Waals surface area (Å²) < 4.78 is 0. The van der Waals surface area contributed by atoms with Gasteiger partial charge in [-0.15, -0.1) is 0 Å². The van der Waals surface area contributed by atoms with Gasteiger partial charge in [0.05, 0.1) is 0 Å². The summed E-state index contributed by atoms with van der Waals surface area (Å²) in [6, 6.07) is 7.92. The second-order valence-electron chi connectivity index (χ2n) is 6.91. The number of nitrogens with zero attached hydrogens (tertiary/aromatic N) is 2. The molecule has 0 aliphatic carbocycles. The Hall–Kier alpha value is -1.84. The molecule has 132 valence electrons. The first-order valence-electron chi connectivity index (χ1n) is 9.20. The van der Waals surface area contributed by atoms with Gasteiger partial charge in [-0.05, 0) is 36.5 Å². The topological polar surface area (TPSA) is 40.6 Å². The maximum atomic E-state index is 12.7. The van der Waals surface area contributed by atoms with Crippen LogP contribution in [0.15, 0.2) is 24.3 Å². The molecule has 1 aliphatic rings. The third-order valence-electron chi connectivity index (χ3n) is 4.70. The first kappa shape index (κ1) is 18.5. The summed E-state index contributed by atoms with van der Waals surface area (Å²) in [5.74, 6) is 0.774. The van der Waals surface area contributed by atoms with Crippen LogP contribution in [0.5, 0.6) is 0 Å². The zero-order valence-corrected chi connectivity index (χ0v) is 15.3. The van der Waals surface area contributed by atoms with E-state index in [-0.39, 0.29) is 11.8 Å². The summed E-state index contributed by atoms with van der Waals surface area (Å²) in [6.07, 6.45) is 3.46. The molecular formula is C20H30N2O2. The molecule has 0 unspecified atom stereocenters. The van der Waals surface area contributed by atoms with Gasteiger partial charge in [0.15, 0.2) is 0 Å². The van der Waals surface area contributed by atoms with Crippen molar-refractivity contribution in [1.29, 1.82) is 0 Å². The quantitative estimate of drug-likeness (QED) is 0.826. The minimum absolute atomic E-state index is 0.0770. The summed E-state index contributed by atoms with van der Waals surface area (Å²) in [6.45, 7) is 9.16. The Morgan fingerprint density at radius 3 is 2.25 bits per heavy atom. The Morgan fingerprint density at radius 2 is 1.62 bits per heavy atom. The van der Waals surface area contributed by atoms with E-state index in [1.807, 2.05) is 34.1 Å². The monoisotopic (exact) mass is 330 g/mol. The van der Waals surface area contributed by atoms with Crippen LogP contribution in [0.3, 0.4) is 0 Å². The fraction of sp³-hybridized carbons (Fsp3) is 0.600. The van der Waals surface area contributed by atoms with E-state index >= 15 is 0 Å². The molecular weight excluding hydrogens is 300 g/mol. The molecule has 4 heteroatoms. The zero-order chi connectivity index (χ0) is 17.5. The molecule has 1 saturated heterocycles. The molecule has 2 rings (SSSR count). The minimum Gasteiger partial charge on any atom is -0.341 e. The highest BCUT2D eigenvalue weighted by molar-refractivity contribution is 5.94. The number of carbonyl (C=O) groups excluding carboxylic acids is 2. The SMILES string of the molecule is CCCCC(=O)N1CCCN(C(=O)c2ccc(C(C)C)cc2)CC1. The molecule has 0 saturated carbocycles. The van der Waals surface area contributed by atoms with E-state index in [9.17, 15) is 9.59 Å². The van der Waals surface area contributed by atoms with E-state index in [1.54, 1.807) is 0 Å². The van der Waals surface area contributed by atoms with Crippen LogP contribution in [-0.2, 0) is 4.79 Å². The van der Waals surface area contributed by atoms with Crippen LogP contribution in [0.2, 0.25) is 0 Å². The predicted molar refractivity (Wildman–Crippen MR) is 97.2 cm³/mol. The summed E-state index contributed by atoms with van der Waals surface area (Å²) in [5.41, 5.74) is 1.99. The van der Waals surface area contributed by atoms with Crippen LogP contribution < -0.4 is 0 Å². The van der Waals surface area contributed by atoms with E-state index in [2.05, 4.69) is 20.8 Å². The van der Waals surface area contributed by atoms with Gasteiger partial charge >= 0.3 is 0 Å². The summed E-state index contributed by atoms with van der Waals surface area (Å²) in [4.78, 5) is 28.7. The number of hydrogen-bond donors (Lipinski definition) is 0. The lowest BCUT2D eigenvalue weighted by Crippen LogP contribution is -2.37. The summed E-state index contributed by atoms with van der Waals surface area (Å²) in [5, 5.41) is 0. The zero-order valence-electron chi connectivity index (χ0n) is 15.3. The van der Waals surface area contributed by atoms with Gasteiger partial charge in [-0.3, -0.25) is 9.59 Å². The number of unbranched alkanes of at least 4 members (excludes halogenated alkanes) is 1. The number of hydrogen-bond acceptors (Lipinski definition) is 2. The van der Waals surface area contributed by atoms with Crippen molar-refractivity contribution >= 4 is 11.8 Å². The molecule has 2 amide bonds. The number of amides is 2. The van der Waals surface area contributed by atoms with Gasteiger partial charge in [-0.1, -0.05) is 39.3 Å². The molecule has 24 heavy (non-hydrogen) atoms. The van der Waals surface area contributed by atoms with Crippen molar-refractivity contribution < 1.29 is 9.59 Å². The molecule has 1 fully saturated rings. The third kappa shape index (κ3) is 4.83. The van der Waals surface area contributed by atoms with Gasteiger partial charge in [0.2, 0.25) is 5.91 Å². The Morgan fingerprint density at radius 1 is 1.00 bits per heavy atom. The van der Waals surface area contributed by atoms with Crippen LogP contribution in [0.4, 0.5) is 0 Å². The van der Waals surface area contributed by atoms with E-state index in [1.165, 1.54) is 5.56 Å². The molecule has 0 spiro atoms. The van der Waals surface area contributed by atoms with Gasteiger partial charge in [0.1, 0.15) is 0 Å². The van der Waals surface area contributed by atoms with Crippen molar-refractivity contribution in [3.63, 3.8) is 0 Å². The average Bonchev–Trinajstić information content (AvgIpc) is 2.85. The lowest BCUT2D eigenvalue weighted by atomic mass is 10.0. The Balaban J connectivity index is 1.95. The Bertz CT molecular complexity index is 551. The van der Waals surface area contributed by atoms with Gasteiger partial charge < -0.3 is 9.80 Å². The molecule has 1 aromatic rings. The van der Waals surface area contributed by atoms with Crippen LogP contribution >= 0.6 is 0 Å². The molecule has 1 aliphatic heterocycles. The molecule has 0 bridgehead atoms. The van der Waals surface area contributed by atoms with Gasteiger partial charge in [0, 0.05) is 38.2 Å². The van der Waals surface area contributed by atoms with Crippen LogP contribution in [-0.4, -0.2) is 47.8 Å². The van der Waals surface area contributed by atoms with Crippen molar-refractivity contribution in [2.75, 3.05) is 26.2 Å². The fourth-order valence-electron chi connectivity index (χ4n) is 3.05. The molecule has 1 aromatic carbocycles. The predicted octanol–water partition coefficient (Wildman–Crippen LogP) is 3.67. The Labute approximate surface area is 145 Å². The molecule has 0 atom stereocenters. The van der Waals surface area contributed by atoms with Crippen molar-refractivity contribution in [1.82, 2.24) is 9.80 Å². The lowest BCUT2D eigenvalue weighted by molar-refractivity contribution is -0.131. The van der Waals surface area contributed by atoms with Crippen molar-refractivity contribution in [3.05, 3.63) is 35.4 Å². The first-order valence-corrected chi connectivity index (χ1v) is 9.20. The fourth-order valence-corrected chi connectivity index (χ4v) is 3.05. The van der Waals surface area contributed by atoms with Gasteiger partial charge in [-0.2, -0.15) is 0 Å². The smallest absolute Gasteiger partial charge is 0.253 e. The van der Waals surface area contributed by atoms with E-state index in [0.717, 1.165) is 37.9 Å². The highest BCUT2D eigenvalue weighted by Gasteiger charge is 2.22. The average molecular weight is 330 g/mol. The van der Waals surface area contributed by atoms with Crippen LogP contribution in [0.25, 0.3) is 0 Å². The number of rotatable bonds is 5. The summed E-state index contributed by atoms with van der Waals surface area (Å²) in [7, 11) is 0. The van der Waals surface area contributed by atoms with Gasteiger partial charge in [-0.25, -0.2) is 0 Å². The number of carbonyl (C=O) groups is 2. The minimum atomic E-state index is 0.0770. The van der Waals surface area contributed by atoms with E-state index in [4.69, 9.17) is 0 Å². The first-order chi connectivity index (χ1) is 11.5. The van der Waals surface area contributed by atoms with E-state index < -0.39 is 0 Å². The van der Waals surface area contributed by atoms with E-state index in [0.29, 0.717) is 25.4 Å². The van der Waals surface area contributed by atoms with Crippen LogP contribution in [0.1, 0.15) is 68.3 Å². The second kappa shape index (κ2) is 8.86. The van der Waals surface area contributed by atoms with Crippen molar-refractivity contribution in [2.45, 2.75) is 52.4 Å². The largest absolute Gasteiger partial charge is 0.341 e. The number of benzene rings is 1. The molecule has 0 aromatic heterocycles. The highest BCUT2D eigenvalue weighted by Crippen LogP contribution is 2.16. The maximum absolute atomic E-state index is 12.7. The normalized spacial score (nSPS) is 15.5. The standard InChI is InChI=1S/C20H30N2O2/c1-4-5-7-19(23)21-12-6-13-22(15-14-21)20(24)18-10-8-17(9-11-18)16(2)3/h8-11,16H,4-7,12-15H2,1-3H3. The summed E-state index contributed by atoms with van der Waals surface area (Å²) >= 11 is 0. The molecule has 0 radical (unpaired) electrons. The highest BCUT2D eigenvalue weighted by atomic mass is 16.2. The molecule has 0 N–H and O–H groups in total. The molecule has 1 heterocycles. The van der Waals surface area contributed by atoms with Crippen LogP contribution in [0, 0.1) is 0 Å². The lowest BCUT2D eigenvalue weighted by Gasteiger charge is -2.22. The van der Waals surface area contributed by atoms with Crippen molar-refractivity contribution in [3.8, 4) is 0 Å². The van der Waals surface area contributed by atoms with Gasteiger partial charge in [0.25, 0.3) is 5.91 Å². The molecule has 4 nitrogen and oxygen atoms in total. The maximum Gasteiger partial charge on any atom is 0.253 e. The third-order valence-corrected chi connectivity index (χ3v) is 4.70. The second-order valence-corrected chi connectivity index (χ2v) is 6.91.